The van der Waals surface area contributed by atoms with E-state index in [2.05, 4.69) is 60.4 Å². The second kappa shape index (κ2) is 9.24. The Kier molecular flexibility index (Phi) is 6.18. The normalized spacial score (nSPS) is 24.7. The van der Waals surface area contributed by atoms with Crippen LogP contribution in [0.25, 0.3) is 11.1 Å². The summed E-state index contributed by atoms with van der Waals surface area (Å²) in [4.78, 5) is 15.2. The van der Waals surface area contributed by atoms with Crippen molar-refractivity contribution in [3.8, 4) is 11.1 Å². The lowest BCUT2D eigenvalue weighted by molar-refractivity contribution is 0.0271. The number of likely N-dealkylation sites (tertiary alicyclic amines) is 1. The van der Waals surface area contributed by atoms with E-state index >= 15 is 0 Å². The molecule has 33 heavy (non-hydrogen) atoms. The van der Waals surface area contributed by atoms with E-state index in [0.717, 1.165) is 49.9 Å². The van der Waals surface area contributed by atoms with Crippen LogP contribution in [0, 0.1) is 18.8 Å². The first kappa shape index (κ1) is 22.1. The lowest BCUT2D eigenvalue weighted by atomic mass is 9.91. The van der Waals surface area contributed by atoms with Gasteiger partial charge in [0.05, 0.1) is 12.1 Å². The van der Waals surface area contributed by atoms with Crippen LogP contribution in [-0.4, -0.2) is 41.0 Å². The van der Waals surface area contributed by atoms with Gasteiger partial charge in [-0.25, -0.2) is 0 Å². The molecule has 1 aliphatic heterocycles. The Balaban J connectivity index is 1.14. The third-order valence-electron chi connectivity index (χ3n) is 7.58. The molecule has 3 aromatic carbocycles. The second-order valence-electron chi connectivity index (χ2n) is 10.2. The summed E-state index contributed by atoms with van der Waals surface area (Å²) in [7, 11) is 0. The Hall–Kier alpha value is -2.75. The van der Waals surface area contributed by atoms with Gasteiger partial charge in [-0.15, -0.1) is 0 Å². The van der Waals surface area contributed by atoms with E-state index in [4.69, 9.17) is 0 Å². The first-order chi connectivity index (χ1) is 16.0. The Morgan fingerprint density at radius 1 is 0.909 bits per heavy atom. The van der Waals surface area contributed by atoms with Crippen LogP contribution in [0.3, 0.4) is 0 Å². The molecule has 5 rings (SSSR count). The van der Waals surface area contributed by atoms with E-state index in [1.807, 2.05) is 30.3 Å². The van der Waals surface area contributed by atoms with Crippen LogP contribution in [0.1, 0.15) is 40.7 Å². The lowest BCUT2D eigenvalue weighted by Gasteiger charge is -2.26. The monoisotopic (exact) mass is 439 g/mol. The zero-order valence-electron chi connectivity index (χ0n) is 19.4. The van der Waals surface area contributed by atoms with Gasteiger partial charge >= 0.3 is 0 Å². The van der Waals surface area contributed by atoms with Gasteiger partial charge in [0.1, 0.15) is 0 Å². The summed E-state index contributed by atoms with van der Waals surface area (Å²) in [5.74, 6) is 1.19. The summed E-state index contributed by atoms with van der Waals surface area (Å²) in [6, 6.07) is 26.9. The summed E-state index contributed by atoms with van der Waals surface area (Å²) < 4.78 is 0. The van der Waals surface area contributed by atoms with Crippen LogP contribution in [0.4, 0.5) is 0 Å². The summed E-state index contributed by atoms with van der Waals surface area (Å²) in [6.45, 7) is 4.41. The van der Waals surface area contributed by atoms with Crippen LogP contribution in [-0.2, 0) is 6.42 Å². The van der Waals surface area contributed by atoms with Crippen molar-refractivity contribution in [2.75, 3.05) is 19.6 Å². The van der Waals surface area contributed by atoms with Gasteiger partial charge in [-0.05, 0) is 61.1 Å². The van der Waals surface area contributed by atoms with Crippen LogP contribution >= 0.6 is 0 Å². The third-order valence-corrected chi connectivity index (χ3v) is 7.58. The lowest BCUT2D eigenvalue weighted by Crippen LogP contribution is -2.33. The number of ketones is 1. The van der Waals surface area contributed by atoms with Crippen molar-refractivity contribution in [3.05, 3.63) is 95.6 Å². The Bertz CT molecular complexity index is 1090. The standard InChI is InChI=1S/C30H33NO2/c1-22-6-5-9-26(16-22)24-10-12-25(13-11-24)29(32)21-31-19-27-17-30(33,18-28(27)20-31)15-14-23-7-3-2-4-8-23/h2-13,16,27-28,33H,14-15,17-21H2,1H3. The highest BCUT2D eigenvalue weighted by molar-refractivity contribution is 5.98. The van der Waals surface area contributed by atoms with Crippen molar-refractivity contribution in [3.63, 3.8) is 0 Å². The highest BCUT2D eigenvalue weighted by atomic mass is 16.3. The van der Waals surface area contributed by atoms with Gasteiger partial charge in [-0.2, -0.15) is 0 Å². The van der Waals surface area contributed by atoms with Gasteiger partial charge in [0.25, 0.3) is 0 Å². The number of hydrogen-bond acceptors (Lipinski definition) is 3. The number of aliphatic hydroxyl groups is 1. The number of nitrogens with zero attached hydrogens (tertiary/aromatic N) is 1. The van der Waals surface area contributed by atoms with Gasteiger partial charge in [-0.3, -0.25) is 9.69 Å². The fraction of sp³-hybridized carbons (Fsp3) is 0.367. The molecule has 3 nitrogen and oxygen atoms in total. The molecule has 1 saturated carbocycles. The first-order valence-corrected chi connectivity index (χ1v) is 12.2. The van der Waals surface area contributed by atoms with Crippen LogP contribution in [0.15, 0.2) is 78.9 Å². The molecule has 3 aromatic rings. The molecular weight excluding hydrogens is 406 g/mol. The largest absolute Gasteiger partial charge is 0.390 e. The number of carbonyl (C=O) groups excluding carboxylic acids is 1. The van der Waals surface area contributed by atoms with Gasteiger partial charge < -0.3 is 5.11 Å². The number of carbonyl (C=O) groups is 1. The van der Waals surface area contributed by atoms with Crippen molar-refractivity contribution in [1.29, 1.82) is 0 Å². The van der Waals surface area contributed by atoms with E-state index in [-0.39, 0.29) is 5.78 Å². The minimum Gasteiger partial charge on any atom is -0.390 e. The number of hydrogen-bond donors (Lipinski definition) is 1. The molecule has 1 heterocycles. The smallest absolute Gasteiger partial charge is 0.176 e. The van der Waals surface area contributed by atoms with Gasteiger partial charge in [0, 0.05) is 18.7 Å². The third kappa shape index (κ3) is 5.10. The maximum absolute atomic E-state index is 12.9. The quantitative estimate of drug-likeness (QED) is 0.491. The average Bonchev–Trinajstić information content (AvgIpc) is 3.33. The number of Topliss-reactive ketones (excluding diaryl/α,β-unsaturated/α-hetero) is 1. The van der Waals surface area contributed by atoms with Crippen molar-refractivity contribution in [2.24, 2.45) is 11.8 Å². The maximum Gasteiger partial charge on any atom is 0.176 e. The topological polar surface area (TPSA) is 40.5 Å². The van der Waals surface area contributed by atoms with E-state index < -0.39 is 5.60 Å². The maximum atomic E-state index is 12.9. The molecule has 2 aliphatic rings. The van der Waals surface area contributed by atoms with E-state index in [0.29, 0.717) is 18.4 Å². The van der Waals surface area contributed by atoms with E-state index in [1.54, 1.807) is 0 Å². The number of aryl methyl sites for hydroxylation is 2. The highest BCUT2D eigenvalue weighted by Gasteiger charge is 2.47. The van der Waals surface area contributed by atoms with Crippen molar-refractivity contribution in [1.82, 2.24) is 4.90 Å². The van der Waals surface area contributed by atoms with Crippen LogP contribution in [0.5, 0.6) is 0 Å². The molecule has 1 saturated heterocycles. The highest BCUT2D eigenvalue weighted by Crippen LogP contribution is 2.45. The number of rotatable bonds is 7. The van der Waals surface area contributed by atoms with Crippen LogP contribution in [0.2, 0.25) is 0 Å². The molecule has 170 valence electrons. The summed E-state index contributed by atoms with van der Waals surface area (Å²) >= 11 is 0. The molecule has 2 fully saturated rings. The molecule has 0 spiro atoms. The fourth-order valence-electron chi connectivity index (χ4n) is 5.88. The molecule has 3 heteroatoms. The fourth-order valence-corrected chi connectivity index (χ4v) is 5.88. The zero-order valence-corrected chi connectivity index (χ0v) is 19.4. The molecule has 2 unspecified atom stereocenters. The molecule has 2 atom stereocenters. The minimum absolute atomic E-state index is 0.185. The van der Waals surface area contributed by atoms with Gasteiger partial charge in [0.2, 0.25) is 0 Å². The van der Waals surface area contributed by atoms with Gasteiger partial charge in [0.15, 0.2) is 5.78 Å². The van der Waals surface area contributed by atoms with Crippen molar-refractivity contribution in [2.45, 2.75) is 38.2 Å². The van der Waals surface area contributed by atoms with E-state index in [9.17, 15) is 9.90 Å². The first-order valence-electron chi connectivity index (χ1n) is 12.2. The molecular formula is C30H33NO2. The molecule has 0 aromatic heterocycles. The molecule has 0 radical (unpaired) electrons. The summed E-state index contributed by atoms with van der Waals surface area (Å²) in [5.41, 5.74) is 5.08. The van der Waals surface area contributed by atoms with Crippen molar-refractivity contribution < 1.29 is 9.90 Å². The van der Waals surface area contributed by atoms with E-state index in [1.165, 1.54) is 16.7 Å². The predicted octanol–water partition coefficient (Wildman–Crippen LogP) is 5.55. The molecule has 1 aliphatic carbocycles. The second-order valence-corrected chi connectivity index (χ2v) is 10.2. The van der Waals surface area contributed by atoms with Crippen molar-refractivity contribution >= 4 is 5.78 Å². The summed E-state index contributed by atoms with van der Waals surface area (Å²) in [5, 5.41) is 11.2. The minimum atomic E-state index is -0.549. The average molecular weight is 440 g/mol. The summed E-state index contributed by atoms with van der Waals surface area (Å²) in [6.07, 6.45) is 3.48. The zero-order chi connectivity index (χ0) is 22.8. The Morgan fingerprint density at radius 3 is 2.27 bits per heavy atom. The Labute approximate surface area is 197 Å². The molecule has 0 bridgehead atoms. The number of fused-ring (bicyclic) bond motifs is 1. The molecule has 0 amide bonds. The van der Waals surface area contributed by atoms with Gasteiger partial charge in [-0.1, -0.05) is 84.4 Å². The predicted molar refractivity (Wildman–Crippen MR) is 133 cm³/mol. The van der Waals surface area contributed by atoms with Crippen LogP contribution < -0.4 is 0 Å². The molecule has 1 N–H and O–H groups in total. The Morgan fingerprint density at radius 2 is 1.61 bits per heavy atom. The number of benzene rings is 3. The SMILES string of the molecule is Cc1cccc(-c2ccc(C(=O)CN3CC4CC(O)(CCc5ccccc5)CC4C3)cc2)c1.